The molecule has 2 aliphatic carbocycles. The zero-order valence-electron chi connectivity index (χ0n) is 17.2. The maximum absolute atomic E-state index is 13.0. The van der Waals surface area contributed by atoms with Gasteiger partial charge in [-0.2, -0.15) is 0 Å². The fourth-order valence-electron chi connectivity index (χ4n) is 5.91. The molecule has 3 atom stereocenters. The van der Waals surface area contributed by atoms with Crippen molar-refractivity contribution in [3.05, 3.63) is 35.4 Å². The van der Waals surface area contributed by atoms with Gasteiger partial charge in [0.05, 0.1) is 5.54 Å². The summed E-state index contributed by atoms with van der Waals surface area (Å²) in [6.07, 6.45) is 1.08. The van der Waals surface area contributed by atoms with Crippen molar-refractivity contribution in [2.75, 3.05) is 19.7 Å². The third-order valence-electron chi connectivity index (χ3n) is 7.69. The minimum Gasteiger partial charge on any atom is -0.447 e. The number of cyclic esters (lactones) is 1. The Bertz CT molecular complexity index is 852. The summed E-state index contributed by atoms with van der Waals surface area (Å²) in [5.41, 5.74) is 2.90. The minimum absolute atomic E-state index is 0.0331. The van der Waals surface area contributed by atoms with Gasteiger partial charge in [0.15, 0.2) is 0 Å². The van der Waals surface area contributed by atoms with Gasteiger partial charge in [-0.1, -0.05) is 52.0 Å². The van der Waals surface area contributed by atoms with Gasteiger partial charge in [-0.25, -0.2) is 4.79 Å². The van der Waals surface area contributed by atoms with E-state index in [1.807, 2.05) is 0 Å². The molecule has 2 saturated heterocycles. The Morgan fingerprint density at radius 2 is 2.04 bits per heavy atom. The van der Waals surface area contributed by atoms with Crippen LogP contribution in [0.25, 0.3) is 0 Å². The molecule has 1 aromatic carbocycles. The fourth-order valence-corrected chi connectivity index (χ4v) is 5.91. The van der Waals surface area contributed by atoms with E-state index in [0.717, 1.165) is 13.1 Å². The SMILES string of the molecule is CC(C)(C)c1cccc([C@@H]2[C@H]3CN(C(=O)[C@H]4C[C@]5(COC(=O)N5)C4)C[C@]32C)c1. The molecule has 28 heavy (non-hydrogen) atoms. The van der Waals surface area contributed by atoms with Crippen LogP contribution < -0.4 is 5.32 Å². The molecule has 5 rings (SSSR count). The summed E-state index contributed by atoms with van der Waals surface area (Å²) in [7, 11) is 0. The lowest BCUT2D eigenvalue weighted by Gasteiger charge is -2.43. The smallest absolute Gasteiger partial charge is 0.407 e. The summed E-state index contributed by atoms with van der Waals surface area (Å²) in [5, 5.41) is 2.88. The lowest BCUT2D eigenvalue weighted by Crippen LogP contribution is -2.58. The van der Waals surface area contributed by atoms with Crippen LogP contribution in [0, 0.1) is 17.3 Å². The van der Waals surface area contributed by atoms with Crippen molar-refractivity contribution in [2.24, 2.45) is 17.3 Å². The molecule has 150 valence electrons. The number of hydrogen-bond donors (Lipinski definition) is 1. The molecule has 2 saturated carbocycles. The van der Waals surface area contributed by atoms with Crippen LogP contribution in [0.15, 0.2) is 24.3 Å². The summed E-state index contributed by atoms with van der Waals surface area (Å²) in [5.74, 6) is 1.43. The Hall–Kier alpha value is -2.04. The zero-order chi connectivity index (χ0) is 19.9. The number of benzene rings is 1. The number of nitrogens with zero attached hydrogens (tertiary/aromatic N) is 1. The molecular weight excluding hydrogens is 352 g/mol. The highest BCUT2D eigenvalue weighted by atomic mass is 16.6. The maximum Gasteiger partial charge on any atom is 0.407 e. The van der Waals surface area contributed by atoms with E-state index in [-0.39, 0.29) is 34.3 Å². The van der Waals surface area contributed by atoms with E-state index in [0.29, 0.717) is 31.3 Å². The fraction of sp³-hybridized carbons (Fsp3) is 0.652. The average molecular weight is 383 g/mol. The molecule has 5 heteroatoms. The van der Waals surface area contributed by atoms with Crippen molar-refractivity contribution in [3.63, 3.8) is 0 Å². The van der Waals surface area contributed by atoms with Gasteiger partial charge in [-0.15, -0.1) is 0 Å². The van der Waals surface area contributed by atoms with Crippen LogP contribution in [-0.2, 0) is 14.9 Å². The number of piperidine rings is 1. The molecule has 0 aromatic heterocycles. The molecule has 2 heterocycles. The van der Waals surface area contributed by atoms with E-state index >= 15 is 0 Å². The predicted octanol–water partition coefficient (Wildman–Crippen LogP) is 3.43. The Balaban J connectivity index is 1.23. The first-order chi connectivity index (χ1) is 13.1. The molecule has 0 bridgehead atoms. The first-order valence-corrected chi connectivity index (χ1v) is 10.5. The van der Waals surface area contributed by atoms with Crippen LogP contribution in [0.1, 0.15) is 57.6 Å². The van der Waals surface area contributed by atoms with E-state index in [1.165, 1.54) is 11.1 Å². The number of alkyl carbamates (subject to hydrolysis) is 1. The number of rotatable bonds is 2. The first kappa shape index (κ1) is 18.0. The highest BCUT2D eigenvalue weighted by Crippen LogP contribution is 2.68. The molecular formula is C23H30N2O3. The van der Waals surface area contributed by atoms with Gasteiger partial charge >= 0.3 is 6.09 Å². The van der Waals surface area contributed by atoms with Crippen molar-refractivity contribution in [2.45, 2.75) is 57.4 Å². The van der Waals surface area contributed by atoms with Crippen LogP contribution in [-0.4, -0.2) is 42.1 Å². The van der Waals surface area contributed by atoms with E-state index in [9.17, 15) is 9.59 Å². The number of carbonyl (C=O) groups is 2. The molecule has 0 unspecified atom stereocenters. The largest absolute Gasteiger partial charge is 0.447 e. The lowest BCUT2D eigenvalue weighted by atomic mass is 9.68. The van der Waals surface area contributed by atoms with E-state index in [2.05, 4.69) is 62.2 Å². The number of fused-ring (bicyclic) bond motifs is 1. The van der Waals surface area contributed by atoms with Gasteiger partial charge in [0.25, 0.3) is 0 Å². The topological polar surface area (TPSA) is 58.6 Å². The Kier molecular flexibility index (Phi) is 3.55. The van der Waals surface area contributed by atoms with E-state index in [1.54, 1.807) is 0 Å². The van der Waals surface area contributed by atoms with Crippen LogP contribution >= 0.6 is 0 Å². The number of amides is 2. The molecule has 4 fully saturated rings. The molecule has 2 aliphatic heterocycles. The number of carbonyl (C=O) groups excluding carboxylic acids is 2. The minimum atomic E-state index is -0.346. The van der Waals surface area contributed by atoms with Crippen LogP contribution in [0.3, 0.4) is 0 Å². The summed E-state index contributed by atoms with van der Waals surface area (Å²) >= 11 is 0. The quantitative estimate of drug-likeness (QED) is 0.852. The third-order valence-corrected chi connectivity index (χ3v) is 7.69. The van der Waals surface area contributed by atoms with Crippen molar-refractivity contribution in [1.82, 2.24) is 10.2 Å². The van der Waals surface area contributed by atoms with Crippen molar-refractivity contribution < 1.29 is 14.3 Å². The van der Waals surface area contributed by atoms with Gasteiger partial charge in [0, 0.05) is 19.0 Å². The number of ether oxygens (including phenoxy) is 1. The molecule has 2 amide bonds. The summed E-state index contributed by atoms with van der Waals surface area (Å²) in [6, 6.07) is 9.03. The van der Waals surface area contributed by atoms with Gasteiger partial charge in [0.2, 0.25) is 5.91 Å². The molecule has 1 N–H and O–H groups in total. The van der Waals surface area contributed by atoms with Crippen molar-refractivity contribution >= 4 is 12.0 Å². The van der Waals surface area contributed by atoms with Gasteiger partial charge in [-0.05, 0) is 46.6 Å². The Morgan fingerprint density at radius 1 is 1.29 bits per heavy atom. The predicted molar refractivity (Wildman–Crippen MR) is 106 cm³/mol. The molecule has 4 aliphatic rings. The number of nitrogens with one attached hydrogen (secondary N) is 1. The van der Waals surface area contributed by atoms with Crippen LogP contribution in [0.4, 0.5) is 4.79 Å². The molecule has 1 spiro atoms. The summed E-state index contributed by atoms with van der Waals surface area (Å²) < 4.78 is 5.03. The second-order valence-electron chi connectivity index (χ2n) is 10.8. The van der Waals surface area contributed by atoms with Gasteiger partial charge in [-0.3, -0.25) is 4.79 Å². The average Bonchev–Trinajstić information content (AvgIpc) is 2.90. The standard InChI is InChI=1S/C23H30N2O3/c1-21(2,3)16-7-5-6-14(8-16)18-17-11-25(12-22(17,18)4)19(26)15-9-23(10-15)13-28-20(27)24-23/h5-8,15,17-18H,9-13H2,1-4H3,(H,24,27)/t15-,17-,18-,22-,23+/m1/s1. The monoisotopic (exact) mass is 382 g/mol. The van der Waals surface area contributed by atoms with Crippen molar-refractivity contribution in [1.29, 1.82) is 0 Å². The van der Waals surface area contributed by atoms with Gasteiger partial charge in [0.1, 0.15) is 6.61 Å². The zero-order valence-corrected chi connectivity index (χ0v) is 17.2. The van der Waals surface area contributed by atoms with Gasteiger partial charge < -0.3 is 15.0 Å². The third kappa shape index (κ3) is 2.58. The molecule has 0 radical (unpaired) electrons. The lowest BCUT2D eigenvalue weighted by molar-refractivity contribution is -0.140. The Morgan fingerprint density at radius 3 is 2.61 bits per heavy atom. The molecule has 1 aromatic rings. The van der Waals surface area contributed by atoms with E-state index in [4.69, 9.17) is 4.74 Å². The van der Waals surface area contributed by atoms with Crippen molar-refractivity contribution in [3.8, 4) is 0 Å². The normalized spacial score (nSPS) is 38.6. The summed E-state index contributed by atoms with van der Waals surface area (Å²) in [4.78, 5) is 26.3. The van der Waals surface area contributed by atoms with Crippen LogP contribution in [0.5, 0.6) is 0 Å². The first-order valence-electron chi connectivity index (χ1n) is 10.5. The Labute approximate surface area is 166 Å². The second-order valence-corrected chi connectivity index (χ2v) is 10.8. The maximum atomic E-state index is 13.0. The highest BCUT2D eigenvalue weighted by molar-refractivity contribution is 5.82. The second kappa shape index (κ2) is 5.52. The van der Waals surface area contributed by atoms with Crippen LogP contribution in [0.2, 0.25) is 0 Å². The highest BCUT2D eigenvalue weighted by Gasteiger charge is 2.67. The van der Waals surface area contributed by atoms with E-state index < -0.39 is 0 Å². The molecule has 5 nitrogen and oxygen atoms in total. The number of likely N-dealkylation sites (tertiary alicyclic amines) is 1. The number of hydrogen-bond acceptors (Lipinski definition) is 3. The summed E-state index contributed by atoms with van der Waals surface area (Å²) in [6.45, 7) is 11.2.